The molecule has 1 saturated carbocycles. The van der Waals surface area contributed by atoms with Gasteiger partial charge in [0.25, 0.3) is 5.91 Å². The van der Waals surface area contributed by atoms with E-state index < -0.39 is 0 Å². The topological polar surface area (TPSA) is 79.6 Å². The fourth-order valence-corrected chi connectivity index (χ4v) is 4.76. The Morgan fingerprint density at radius 3 is 2.56 bits per heavy atom. The van der Waals surface area contributed by atoms with Gasteiger partial charge < -0.3 is 24.7 Å². The minimum atomic E-state index is -0.179. The number of nitrogens with zero attached hydrogens (tertiary/aromatic N) is 2. The molecule has 0 bridgehead atoms. The molecule has 5 rings (SSSR count). The highest BCUT2D eigenvalue weighted by atomic mass is 16.5. The predicted octanol–water partition coefficient (Wildman–Crippen LogP) is 5.21. The van der Waals surface area contributed by atoms with Crippen molar-refractivity contribution >= 4 is 39.3 Å². The zero-order valence-electron chi connectivity index (χ0n) is 19.8. The number of nitrogens with one attached hydrogen (secondary N) is 2. The number of hydrogen-bond donors (Lipinski definition) is 2. The summed E-state index contributed by atoms with van der Waals surface area (Å²) >= 11 is 0. The molecule has 1 amide bonds. The molecule has 1 aliphatic rings. The van der Waals surface area contributed by atoms with Crippen LogP contribution in [0.25, 0.3) is 21.9 Å². The van der Waals surface area contributed by atoms with Gasteiger partial charge in [-0.05, 0) is 43.9 Å². The molecule has 7 nitrogen and oxygen atoms in total. The van der Waals surface area contributed by atoms with Gasteiger partial charge in [0.2, 0.25) is 0 Å². The molecule has 0 aliphatic heterocycles. The molecule has 2 N–H and O–H groups in total. The van der Waals surface area contributed by atoms with Crippen molar-refractivity contribution in [3.05, 3.63) is 60.4 Å². The lowest BCUT2D eigenvalue weighted by molar-refractivity contribution is 0.0900. The van der Waals surface area contributed by atoms with Crippen LogP contribution in [0.3, 0.4) is 0 Å². The molecule has 4 aromatic rings. The highest BCUT2D eigenvalue weighted by Crippen LogP contribution is 2.30. The van der Waals surface area contributed by atoms with Crippen molar-refractivity contribution in [3.63, 3.8) is 0 Å². The van der Waals surface area contributed by atoms with E-state index in [0.29, 0.717) is 23.1 Å². The maximum Gasteiger partial charge on any atom is 0.287 e. The van der Waals surface area contributed by atoms with Gasteiger partial charge in [-0.25, -0.2) is 4.98 Å². The fraction of sp³-hybridized carbons (Fsp3) is 0.333. The molecule has 2 heterocycles. The molecule has 0 unspecified atom stereocenters. The van der Waals surface area contributed by atoms with Gasteiger partial charge in [0.1, 0.15) is 5.82 Å². The number of fused-ring (bicyclic) bond motifs is 2. The van der Waals surface area contributed by atoms with Crippen LogP contribution in [-0.4, -0.2) is 44.2 Å². The van der Waals surface area contributed by atoms with Crippen LogP contribution in [0.4, 0.5) is 11.5 Å². The van der Waals surface area contributed by atoms with Crippen molar-refractivity contribution in [3.8, 4) is 5.75 Å². The Bertz CT molecular complexity index is 1320. The molecule has 2 aromatic carbocycles. The fourth-order valence-electron chi connectivity index (χ4n) is 4.76. The van der Waals surface area contributed by atoms with Crippen molar-refractivity contribution in [1.82, 2.24) is 10.3 Å². The number of methoxy groups -OCH3 is 1. The second-order valence-electron chi connectivity index (χ2n) is 9.09. The number of para-hydroxylation sites is 2. The molecule has 176 valence electrons. The first-order valence-electron chi connectivity index (χ1n) is 11.7. The van der Waals surface area contributed by atoms with E-state index in [9.17, 15) is 4.79 Å². The number of carbonyl (C=O) groups excluding carboxylic acids is 1. The first kappa shape index (κ1) is 22.1. The Labute approximate surface area is 199 Å². The maximum atomic E-state index is 12.8. The average molecular weight is 459 g/mol. The number of benzene rings is 2. The summed E-state index contributed by atoms with van der Waals surface area (Å²) in [5.74, 6) is 1.66. The number of carbonyl (C=O) groups is 1. The molecule has 34 heavy (non-hydrogen) atoms. The van der Waals surface area contributed by atoms with Crippen LogP contribution >= 0.6 is 0 Å². The van der Waals surface area contributed by atoms with Crippen LogP contribution < -0.4 is 20.3 Å². The first-order valence-corrected chi connectivity index (χ1v) is 11.7. The normalized spacial score (nSPS) is 18.1. The molecule has 0 saturated heterocycles. The molecule has 1 fully saturated rings. The largest absolute Gasteiger partial charge is 0.493 e. The van der Waals surface area contributed by atoms with Crippen LogP contribution in [0.2, 0.25) is 0 Å². The van der Waals surface area contributed by atoms with E-state index in [0.717, 1.165) is 53.5 Å². The molecular weight excluding hydrogens is 428 g/mol. The minimum absolute atomic E-state index is 0.127. The van der Waals surface area contributed by atoms with Crippen LogP contribution in [0.15, 0.2) is 59.0 Å². The van der Waals surface area contributed by atoms with Crippen molar-refractivity contribution < 1.29 is 13.9 Å². The van der Waals surface area contributed by atoms with Crippen LogP contribution in [0, 0.1) is 0 Å². The summed E-state index contributed by atoms with van der Waals surface area (Å²) in [6.45, 7) is 0. The highest BCUT2D eigenvalue weighted by molar-refractivity contribution is 5.97. The Hall–Kier alpha value is -3.74. The monoisotopic (exact) mass is 458 g/mol. The van der Waals surface area contributed by atoms with Crippen molar-refractivity contribution in [2.24, 2.45) is 0 Å². The van der Waals surface area contributed by atoms with Gasteiger partial charge in [-0.15, -0.1) is 0 Å². The summed E-state index contributed by atoms with van der Waals surface area (Å²) < 4.78 is 11.1. The quantitative estimate of drug-likeness (QED) is 0.413. The van der Waals surface area contributed by atoms with E-state index in [2.05, 4.69) is 41.8 Å². The van der Waals surface area contributed by atoms with Gasteiger partial charge in [-0.2, -0.15) is 0 Å². The van der Waals surface area contributed by atoms with E-state index in [1.165, 1.54) is 0 Å². The SMILES string of the molecule is COc1cccc2cc(C(=O)NC3CCC(Nc4cc(N(C)C)c5ccccc5n4)CC3)oc12. The summed E-state index contributed by atoms with van der Waals surface area (Å²) in [5, 5.41) is 8.77. The smallest absolute Gasteiger partial charge is 0.287 e. The zero-order chi connectivity index (χ0) is 23.7. The molecule has 0 radical (unpaired) electrons. The number of anilines is 2. The van der Waals surface area contributed by atoms with E-state index >= 15 is 0 Å². The number of furan rings is 1. The maximum absolute atomic E-state index is 12.8. The van der Waals surface area contributed by atoms with E-state index in [1.54, 1.807) is 13.2 Å². The third-order valence-corrected chi connectivity index (χ3v) is 6.54. The Morgan fingerprint density at radius 1 is 1.03 bits per heavy atom. The first-order chi connectivity index (χ1) is 16.5. The van der Waals surface area contributed by atoms with Gasteiger partial charge in [-0.3, -0.25) is 4.79 Å². The number of hydrogen-bond acceptors (Lipinski definition) is 6. The lowest BCUT2D eigenvalue weighted by Gasteiger charge is -2.30. The standard InChI is InChI=1S/C27H30N4O3/c1-31(2)22-16-25(30-21-9-5-4-8-20(21)22)28-18-11-13-19(14-12-18)29-27(32)24-15-17-7-6-10-23(33-3)26(17)34-24/h4-10,15-16,18-19H,11-14H2,1-3H3,(H,28,30)(H,29,32). The van der Waals surface area contributed by atoms with Crippen molar-refractivity contribution in [1.29, 1.82) is 0 Å². The van der Waals surface area contributed by atoms with Crippen molar-refractivity contribution in [2.45, 2.75) is 37.8 Å². The van der Waals surface area contributed by atoms with Crippen molar-refractivity contribution in [2.75, 3.05) is 31.4 Å². The van der Waals surface area contributed by atoms with Gasteiger partial charge >= 0.3 is 0 Å². The molecule has 0 spiro atoms. The van der Waals surface area contributed by atoms with E-state index in [1.807, 2.05) is 36.4 Å². The lowest BCUT2D eigenvalue weighted by Crippen LogP contribution is -2.40. The molecular formula is C27H30N4O3. The molecule has 0 atom stereocenters. The summed E-state index contributed by atoms with van der Waals surface area (Å²) in [6.07, 6.45) is 3.73. The second kappa shape index (κ2) is 9.25. The highest BCUT2D eigenvalue weighted by Gasteiger charge is 2.25. The Kier molecular flexibility index (Phi) is 6.01. The van der Waals surface area contributed by atoms with Gasteiger partial charge in [0.05, 0.1) is 12.6 Å². The van der Waals surface area contributed by atoms with Crippen LogP contribution in [-0.2, 0) is 0 Å². The number of pyridine rings is 1. The number of amides is 1. The number of ether oxygens (including phenoxy) is 1. The van der Waals surface area contributed by atoms with E-state index in [-0.39, 0.29) is 11.9 Å². The molecule has 1 aliphatic carbocycles. The van der Waals surface area contributed by atoms with Crippen LogP contribution in [0.1, 0.15) is 36.2 Å². The summed E-state index contributed by atoms with van der Waals surface area (Å²) in [7, 11) is 5.70. The predicted molar refractivity (Wildman–Crippen MR) is 136 cm³/mol. The Balaban J connectivity index is 1.21. The summed E-state index contributed by atoms with van der Waals surface area (Å²) in [4.78, 5) is 19.7. The average Bonchev–Trinajstić information content (AvgIpc) is 3.29. The van der Waals surface area contributed by atoms with Gasteiger partial charge in [0.15, 0.2) is 17.1 Å². The summed E-state index contributed by atoms with van der Waals surface area (Å²) in [5.41, 5.74) is 2.74. The third kappa shape index (κ3) is 4.38. The molecule has 7 heteroatoms. The van der Waals surface area contributed by atoms with Crippen LogP contribution in [0.5, 0.6) is 5.75 Å². The number of rotatable bonds is 6. The minimum Gasteiger partial charge on any atom is -0.493 e. The second-order valence-corrected chi connectivity index (χ2v) is 9.09. The zero-order valence-corrected chi connectivity index (χ0v) is 19.8. The Morgan fingerprint density at radius 2 is 1.79 bits per heavy atom. The van der Waals surface area contributed by atoms with E-state index in [4.69, 9.17) is 14.1 Å². The van der Waals surface area contributed by atoms with Gasteiger partial charge in [-0.1, -0.05) is 30.3 Å². The third-order valence-electron chi connectivity index (χ3n) is 6.54. The molecule has 2 aromatic heterocycles. The number of aromatic nitrogens is 1. The van der Waals surface area contributed by atoms with Gasteiger partial charge in [0, 0.05) is 48.7 Å². The lowest BCUT2D eigenvalue weighted by atomic mass is 9.91. The summed E-state index contributed by atoms with van der Waals surface area (Å²) in [6, 6.07) is 18.2.